The van der Waals surface area contributed by atoms with E-state index in [1.165, 1.54) is 6.07 Å². The van der Waals surface area contributed by atoms with Gasteiger partial charge in [-0.15, -0.1) is 0 Å². The highest BCUT2D eigenvalue weighted by Gasteiger charge is 2.15. The molecule has 21 heavy (non-hydrogen) atoms. The number of nitro groups is 1. The molecule has 110 valence electrons. The number of rotatable bonds is 4. The molecule has 0 aliphatic carbocycles. The Balaban J connectivity index is 2.35. The van der Waals surface area contributed by atoms with Crippen LogP contribution in [0.5, 0.6) is 11.5 Å². The Morgan fingerprint density at radius 1 is 1.29 bits per heavy atom. The van der Waals surface area contributed by atoms with Crippen molar-refractivity contribution in [3.63, 3.8) is 0 Å². The summed E-state index contributed by atoms with van der Waals surface area (Å²) < 4.78 is 6.41. The van der Waals surface area contributed by atoms with Gasteiger partial charge in [0.25, 0.3) is 5.69 Å². The Morgan fingerprint density at radius 3 is 2.57 bits per heavy atom. The molecule has 1 atom stereocenters. The van der Waals surface area contributed by atoms with Gasteiger partial charge in [-0.05, 0) is 53.5 Å². The standard InChI is InChI=1S/C15H14BrNO4/c1-9-13(17(19)20)4-3-5-14(9)21-15-7-6-11(10(2)18)8-12(15)16/h3-8,10,18H,1-2H3. The van der Waals surface area contributed by atoms with Gasteiger partial charge in [-0.3, -0.25) is 10.1 Å². The van der Waals surface area contributed by atoms with Gasteiger partial charge in [0.05, 0.1) is 21.1 Å². The third-order valence-corrected chi connectivity index (χ3v) is 3.73. The zero-order valence-corrected chi connectivity index (χ0v) is 13.1. The molecule has 6 heteroatoms. The zero-order chi connectivity index (χ0) is 15.6. The molecule has 0 saturated heterocycles. The van der Waals surface area contributed by atoms with Crippen molar-refractivity contribution in [2.75, 3.05) is 0 Å². The lowest BCUT2D eigenvalue weighted by atomic mass is 10.1. The minimum Gasteiger partial charge on any atom is -0.456 e. The van der Waals surface area contributed by atoms with Crippen molar-refractivity contribution in [2.45, 2.75) is 20.0 Å². The van der Waals surface area contributed by atoms with E-state index in [0.29, 0.717) is 21.5 Å². The Morgan fingerprint density at radius 2 is 2.00 bits per heavy atom. The lowest BCUT2D eigenvalue weighted by Crippen LogP contribution is -1.96. The first-order valence-corrected chi connectivity index (χ1v) is 7.09. The van der Waals surface area contributed by atoms with Crippen molar-refractivity contribution < 1.29 is 14.8 Å². The number of hydrogen-bond acceptors (Lipinski definition) is 4. The molecule has 2 aromatic rings. The van der Waals surface area contributed by atoms with Crippen LogP contribution in [0.4, 0.5) is 5.69 Å². The molecule has 0 bridgehead atoms. The summed E-state index contributed by atoms with van der Waals surface area (Å²) in [7, 11) is 0. The SMILES string of the molecule is Cc1c(Oc2ccc(C(C)O)cc2Br)cccc1[N+](=O)[O-]. The van der Waals surface area contributed by atoms with E-state index >= 15 is 0 Å². The van der Waals surface area contributed by atoms with Crippen LogP contribution in [-0.4, -0.2) is 10.0 Å². The predicted octanol–water partition coefficient (Wildman–Crippen LogP) is 4.51. The number of nitro benzene ring substituents is 1. The van der Waals surface area contributed by atoms with Crippen molar-refractivity contribution in [3.8, 4) is 11.5 Å². The molecule has 5 nitrogen and oxygen atoms in total. The fourth-order valence-corrected chi connectivity index (χ4v) is 2.37. The summed E-state index contributed by atoms with van der Waals surface area (Å²) in [4.78, 5) is 10.5. The van der Waals surface area contributed by atoms with E-state index in [1.54, 1.807) is 44.2 Å². The Labute approximate surface area is 130 Å². The highest BCUT2D eigenvalue weighted by Crippen LogP contribution is 2.35. The van der Waals surface area contributed by atoms with E-state index in [0.717, 1.165) is 5.56 Å². The molecule has 0 heterocycles. The smallest absolute Gasteiger partial charge is 0.276 e. The van der Waals surface area contributed by atoms with Gasteiger partial charge in [0, 0.05) is 6.07 Å². The molecule has 0 saturated carbocycles. The van der Waals surface area contributed by atoms with Crippen LogP contribution < -0.4 is 4.74 Å². The Bertz CT molecular complexity index is 685. The predicted molar refractivity (Wildman–Crippen MR) is 82.7 cm³/mol. The molecule has 1 N–H and O–H groups in total. The van der Waals surface area contributed by atoms with Gasteiger partial charge < -0.3 is 9.84 Å². The highest BCUT2D eigenvalue weighted by atomic mass is 79.9. The van der Waals surface area contributed by atoms with E-state index in [-0.39, 0.29) is 5.69 Å². The second-order valence-electron chi connectivity index (χ2n) is 4.63. The maximum Gasteiger partial charge on any atom is 0.276 e. The van der Waals surface area contributed by atoms with Gasteiger partial charge in [-0.25, -0.2) is 0 Å². The summed E-state index contributed by atoms with van der Waals surface area (Å²) in [5, 5.41) is 20.5. The monoisotopic (exact) mass is 351 g/mol. The summed E-state index contributed by atoms with van der Waals surface area (Å²) in [6.45, 7) is 3.32. The zero-order valence-electron chi connectivity index (χ0n) is 11.5. The van der Waals surface area contributed by atoms with Crippen LogP contribution in [0.3, 0.4) is 0 Å². The van der Waals surface area contributed by atoms with Gasteiger partial charge in [-0.1, -0.05) is 12.1 Å². The van der Waals surface area contributed by atoms with Crippen LogP contribution in [0, 0.1) is 17.0 Å². The van der Waals surface area contributed by atoms with Gasteiger partial charge in [0.1, 0.15) is 11.5 Å². The third-order valence-electron chi connectivity index (χ3n) is 3.11. The van der Waals surface area contributed by atoms with Crippen molar-refractivity contribution in [1.29, 1.82) is 0 Å². The maximum atomic E-state index is 10.9. The second-order valence-corrected chi connectivity index (χ2v) is 5.48. The Kier molecular flexibility index (Phi) is 4.59. The third kappa shape index (κ3) is 3.40. The normalized spacial score (nSPS) is 12.0. The van der Waals surface area contributed by atoms with Crippen LogP contribution in [0.15, 0.2) is 40.9 Å². The van der Waals surface area contributed by atoms with Crippen LogP contribution >= 0.6 is 15.9 Å². The average Bonchev–Trinajstić information content (AvgIpc) is 2.42. The maximum absolute atomic E-state index is 10.9. The first kappa shape index (κ1) is 15.5. The molecule has 2 aromatic carbocycles. The number of aliphatic hydroxyl groups excluding tert-OH is 1. The molecule has 2 rings (SSSR count). The summed E-state index contributed by atoms with van der Waals surface area (Å²) in [6.07, 6.45) is -0.574. The second kappa shape index (κ2) is 6.24. The highest BCUT2D eigenvalue weighted by molar-refractivity contribution is 9.10. The summed E-state index contributed by atoms with van der Waals surface area (Å²) in [6, 6.07) is 9.91. The first-order valence-electron chi connectivity index (χ1n) is 6.29. The minimum atomic E-state index is -0.574. The number of nitrogens with zero attached hydrogens (tertiary/aromatic N) is 1. The van der Waals surface area contributed by atoms with Crippen LogP contribution in [-0.2, 0) is 0 Å². The largest absolute Gasteiger partial charge is 0.456 e. The van der Waals surface area contributed by atoms with Gasteiger partial charge in [0.15, 0.2) is 0 Å². The number of ether oxygens (including phenoxy) is 1. The van der Waals surface area contributed by atoms with Crippen molar-refractivity contribution >= 4 is 21.6 Å². The van der Waals surface area contributed by atoms with Gasteiger partial charge in [0.2, 0.25) is 0 Å². The van der Waals surface area contributed by atoms with E-state index in [4.69, 9.17) is 4.74 Å². The van der Waals surface area contributed by atoms with E-state index in [9.17, 15) is 15.2 Å². The minimum absolute atomic E-state index is 0.0178. The van der Waals surface area contributed by atoms with E-state index < -0.39 is 11.0 Å². The average molecular weight is 352 g/mol. The summed E-state index contributed by atoms with van der Waals surface area (Å²) >= 11 is 3.37. The number of halogens is 1. The van der Waals surface area contributed by atoms with E-state index in [1.807, 2.05) is 0 Å². The molecular formula is C15H14BrNO4. The Hall–Kier alpha value is -1.92. The molecule has 0 spiro atoms. The fourth-order valence-electron chi connectivity index (χ4n) is 1.89. The molecular weight excluding hydrogens is 338 g/mol. The fraction of sp³-hybridized carbons (Fsp3) is 0.200. The topological polar surface area (TPSA) is 72.6 Å². The molecule has 0 amide bonds. The molecule has 1 unspecified atom stereocenters. The molecule has 0 radical (unpaired) electrons. The van der Waals surface area contributed by atoms with Gasteiger partial charge in [-0.2, -0.15) is 0 Å². The van der Waals surface area contributed by atoms with Crippen LogP contribution in [0.2, 0.25) is 0 Å². The molecule has 0 aliphatic rings. The number of benzene rings is 2. The number of hydrogen-bond donors (Lipinski definition) is 1. The van der Waals surface area contributed by atoms with Gasteiger partial charge >= 0.3 is 0 Å². The quantitative estimate of drug-likeness (QED) is 0.649. The van der Waals surface area contributed by atoms with Crippen LogP contribution in [0.1, 0.15) is 24.2 Å². The lowest BCUT2D eigenvalue weighted by Gasteiger charge is -2.12. The van der Waals surface area contributed by atoms with Crippen molar-refractivity contribution in [1.82, 2.24) is 0 Å². The molecule has 0 aromatic heterocycles. The number of aliphatic hydroxyl groups is 1. The van der Waals surface area contributed by atoms with Crippen LogP contribution in [0.25, 0.3) is 0 Å². The lowest BCUT2D eigenvalue weighted by molar-refractivity contribution is -0.385. The van der Waals surface area contributed by atoms with E-state index in [2.05, 4.69) is 15.9 Å². The molecule has 0 fully saturated rings. The first-order chi connectivity index (χ1) is 9.90. The van der Waals surface area contributed by atoms with Crippen molar-refractivity contribution in [2.24, 2.45) is 0 Å². The summed E-state index contributed by atoms with van der Waals surface area (Å²) in [5.74, 6) is 0.956. The summed E-state index contributed by atoms with van der Waals surface area (Å²) in [5.41, 5.74) is 1.24. The molecule has 0 aliphatic heterocycles. The van der Waals surface area contributed by atoms with Crippen molar-refractivity contribution in [3.05, 3.63) is 62.1 Å².